The van der Waals surface area contributed by atoms with Gasteiger partial charge in [0, 0.05) is 34.0 Å². The Morgan fingerprint density at radius 2 is 1.56 bits per heavy atom. The predicted molar refractivity (Wildman–Crippen MR) is 137 cm³/mol. The predicted octanol–water partition coefficient (Wildman–Crippen LogP) is 5.27. The first-order valence-corrected chi connectivity index (χ1v) is 12.7. The van der Waals surface area contributed by atoms with Crippen LogP contribution in [0.5, 0.6) is 0 Å². The molecule has 0 bridgehead atoms. The van der Waals surface area contributed by atoms with Crippen molar-refractivity contribution in [3.8, 4) is 0 Å². The smallest absolute Gasteiger partial charge is 0.242 e. The van der Waals surface area contributed by atoms with Crippen molar-refractivity contribution in [3.05, 3.63) is 84.9 Å². The first kappa shape index (κ1) is 22.1. The molecule has 1 atom stereocenters. The van der Waals surface area contributed by atoms with Gasteiger partial charge in [-0.1, -0.05) is 48.5 Å². The van der Waals surface area contributed by atoms with Crippen LogP contribution in [0.4, 0.5) is 5.69 Å². The number of hydrogen-bond acceptors (Lipinski definition) is 3. The molecule has 0 saturated heterocycles. The van der Waals surface area contributed by atoms with Crippen LogP contribution in [0.15, 0.2) is 89.8 Å². The van der Waals surface area contributed by atoms with Crippen molar-refractivity contribution in [2.24, 2.45) is 0 Å². The normalized spacial score (nSPS) is 12.9. The number of benzene rings is 4. The molecule has 6 nitrogen and oxygen atoms in total. The van der Waals surface area contributed by atoms with E-state index in [4.69, 9.17) is 0 Å². The molecule has 5 rings (SSSR count). The monoisotopic (exact) mass is 471 g/mol. The molecule has 0 saturated carbocycles. The van der Waals surface area contributed by atoms with Crippen LogP contribution < -0.4 is 10.0 Å². The molecule has 0 radical (unpaired) electrons. The maximum atomic E-state index is 12.9. The number of aromatic nitrogens is 1. The van der Waals surface area contributed by atoms with Gasteiger partial charge in [-0.2, -0.15) is 4.72 Å². The lowest BCUT2D eigenvalue weighted by Gasteiger charge is -2.15. The highest BCUT2D eigenvalue weighted by molar-refractivity contribution is 7.89. The summed E-state index contributed by atoms with van der Waals surface area (Å²) in [5.74, 6) is -0.428. The van der Waals surface area contributed by atoms with E-state index >= 15 is 0 Å². The summed E-state index contributed by atoms with van der Waals surface area (Å²) < 4.78 is 30.5. The third-order valence-electron chi connectivity index (χ3n) is 6.11. The van der Waals surface area contributed by atoms with Gasteiger partial charge < -0.3 is 9.88 Å². The highest BCUT2D eigenvalue weighted by Crippen LogP contribution is 2.31. The number of nitrogens with one attached hydrogen (secondary N) is 2. The van der Waals surface area contributed by atoms with Crippen LogP contribution in [0.1, 0.15) is 13.8 Å². The number of carbonyl (C=O) groups is 1. The van der Waals surface area contributed by atoms with Crippen LogP contribution in [-0.4, -0.2) is 24.9 Å². The fraction of sp³-hybridized carbons (Fsp3) is 0.148. The van der Waals surface area contributed by atoms with E-state index in [0.717, 1.165) is 39.1 Å². The van der Waals surface area contributed by atoms with E-state index in [2.05, 4.69) is 33.7 Å². The minimum Gasteiger partial charge on any atom is -0.341 e. The van der Waals surface area contributed by atoms with Crippen LogP contribution in [0.2, 0.25) is 0 Å². The maximum absolute atomic E-state index is 12.9. The van der Waals surface area contributed by atoms with E-state index in [1.807, 2.05) is 54.6 Å². The van der Waals surface area contributed by atoms with E-state index in [1.165, 1.54) is 6.92 Å². The number of rotatable bonds is 6. The van der Waals surface area contributed by atoms with Crippen molar-refractivity contribution in [2.75, 3.05) is 5.32 Å². The standard InChI is InChI=1S/C27H25N3O3S/c1-3-30-25-11-7-6-10-23(25)24-17-21(13-15-26(24)30)28-27(31)18(2)29-34(32,33)22-14-12-19-8-4-5-9-20(19)16-22/h4-18,29H,3H2,1-2H3,(H,28,31)/t18-/m0/s1. The summed E-state index contributed by atoms with van der Waals surface area (Å²) in [5.41, 5.74) is 2.85. The molecule has 0 aliphatic rings. The Hall–Kier alpha value is -3.68. The molecule has 2 N–H and O–H groups in total. The van der Waals surface area contributed by atoms with Gasteiger partial charge in [-0.05, 0) is 61.0 Å². The van der Waals surface area contributed by atoms with E-state index in [9.17, 15) is 13.2 Å². The van der Waals surface area contributed by atoms with E-state index in [0.29, 0.717) is 5.69 Å². The van der Waals surface area contributed by atoms with E-state index in [-0.39, 0.29) is 4.90 Å². The number of sulfonamides is 1. The summed E-state index contributed by atoms with van der Waals surface area (Å²) >= 11 is 0. The van der Waals surface area contributed by atoms with Crippen molar-refractivity contribution in [1.82, 2.24) is 9.29 Å². The maximum Gasteiger partial charge on any atom is 0.242 e. The average molecular weight is 472 g/mol. The Morgan fingerprint density at radius 3 is 2.35 bits per heavy atom. The summed E-state index contributed by atoms with van der Waals surface area (Å²) in [6.07, 6.45) is 0. The topological polar surface area (TPSA) is 80.2 Å². The van der Waals surface area contributed by atoms with Crippen molar-refractivity contribution >= 4 is 54.2 Å². The number of para-hydroxylation sites is 1. The molecule has 4 aromatic carbocycles. The molecule has 0 spiro atoms. The van der Waals surface area contributed by atoms with Crippen LogP contribution in [0.25, 0.3) is 32.6 Å². The molecule has 1 aromatic heterocycles. The second kappa shape index (κ2) is 8.59. The van der Waals surface area contributed by atoms with Gasteiger partial charge in [-0.15, -0.1) is 0 Å². The number of fused-ring (bicyclic) bond motifs is 4. The second-order valence-electron chi connectivity index (χ2n) is 8.33. The third kappa shape index (κ3) is 3.93. The molecule has 5 aromatic rings. The summed E-state index contributed by atoms with van der Waals surface area (Å²) in [4.78, 5) is 13.0. The molecule has 0 aliphatic heterocycles. The van der Waals surface area contributed by atoms with Crippen LogP contribution in [-0.2, 0) is 21.4 Å². The molecular weight excluding hydrogens is 446 g/mol. The molecule has 0 fully saturated rings. The third-order valence-corrected chi connectivity index (χ3v) is 7.65. The molecule has 0 unspecified atom stereocenters. The Balaban J connectivity index is 1.37. The molecular formula is C27H25N3O3S. The van der Waals surface area contributed by atoms with Gasteiger partial charge in [0.2, 0.25) is 15.9 Å². The minimum atomic E-state index is -3.87. The number of hydrogen-bond donors (Lipinski definition) is 2. The lowest BCUT2D eigenvalue weighted by atomic mass is 10.1. The summed E-state index contributed by atoms with van der Waals surface area (Å²) in [5, 5.41) is 6.78. The Bertz CT molecular complexity index is 1650. The van der Waals surface area contributed by atoms with Gasteiger partial charge in [-0.25, -0.2) is 8.42 Å². The first-order chi connectivity index (χ1) is 16.4. The lowest BCUT2D eigenvalue weighted by molar-refractivity contribution is -0.117. The van der Waals surface area contributed by atoms with Crippen LogP contribution >= 0.6 is 0 Å². The van der Waals surface area contributed by atoms with Gasteiger partial charge in [0.1, 0.15) is 0 Å². The van der Waals surface area contributed by atoms with Gasteiger partial charge in [0.15, 0.2) is 0 Å². The zero-order valence-electron chi connectivity index (χ0n) is 18.9. The summed E-state index contributed by atoms with van der Waals surface area (Å²) in [6, 6.07) is 25.4. The van der Waals surface area contributed by atoms with E-state index in [1.54, 1.807) is 18.2 Å². The van der Waals surface area contributed by atoms with Gasteiger partial charge in [0.05, 0.1) is 10.9 Å². The van der Waals surface area contributed by atoms with Crippen molar-refractivity contribution < 1.29 is 13.2 Å². The fourth-order valence-electron chi connectivity index (χ4n) is 4.41. The highest BCUT2D eigenvalue weighted by atomic mass is 32.2. The van der Waals surface area contributed by atoms with Crippen molar-refractivity contribution in [2.45, 2.75) is 31.3 Å². The number of nitrogens with zero attached hydrogens (tertiary/aromatic N) is 1. The summed E-state index contributed by atoms with van der Waals surface area (Å²) in [6.45, 7) is 4.48. The number of aryl methyl sites for hydroxylation is 1. The minimum absolute atomic E-state index is 0.125. The molecule has 1 heterocycles. The van der Waals surface area contributed by atoms with E-state index < -0.39 is 22.0 Å². The SMILES string of the molecule is CCn1c2ccccc2c2cc(NC(=O)[C@H](C)NS(=O)(=O)c3ccc4ccccc4c3)ccc21. The Morgan fingerprint density at radius 1 is 0.853 bits per heavy atom. The molecule has 172 valence electrons. The van der Waals surface area contributed by atoms with Gasteiger partial charge >= 0.3 is 0 Å². The largest absolute Gasteiger partial charge is 0.341 e. The Kier molecular flexibility index (Phi) is 5.59. The average Bonchev–Trinajstić information content (AvgIpc) is 3.16. The number of anilines is 1. The Labute approximate surface area is 198 Å². The zero-order chi connectivity index (χ0) is 23.9. The lowest BCUT2D eigenvalue weighted by Crippen LogP contribution is -2.41. The van der Waals surface area contributed by atoms with Crippen LogP contribution in [0.3, 0.4) is 0 Å². The quantitative estimate of drug-likeness (QED) is 0.354. The fourth-order valence-corrected chi connectivity index (χ4v) is 5.65. The van der Waals surface area contributed by atoms with Gasteiger partial charge in [0.25, 0.3) is 0 Å². The molecule has 7 heteroatoms. The van der Waals surface area contributed by atoms with Crippen LogP contribution in [0, 0.1) is 0 Å². The zero-order valence-corrected chi connectivity index (χ0v) is 19.8. The number of carbonyl (C=O) groups excluding carboxylic acids is 1. The first-order valence-electron chi connectivity index (χ1n) is 11.2. The molecule has 34 heavy (non-hydrogen) atoms. The van der Waals surface area contributed by atoms with Gasteiger partial charge in [-0.3, -0.25) is 4.79 Å². The van der Waals surface area contributed by atoms with Crippen molar-refractivity contribution in [3.63, 3.8) is 0 Å². The second-order valence-corrected chi connectivity index (χ2v) is 10.0. The molecule has 0 aliphatic carbocycles. The molecule has 1 amide bonds. The summed E-state index contributed by atoms with van der Waals surface area (Å²) in [7, 11) is -3.87. The number of amides is 1. The van der Waals surface area contributed by atoms with Crippen molar-refractivity contribution in [1.29, 1.82) is 0 Å². The highest BCUT2D eigenvalue weighted by Gasteiger charge is 2.22.